The number of hydrogen-bond donors (Lipinski definition) is 3. The van der Waals surface area contributed by atoms with Gasteiger partial charge in [-0.25, -0.2) is 0 Å². The van der Waals surface area contributed by atoms with Crippen LogP contribution in [0.2, 0.25) is 15.1 Å². The Kier molecular flexibility index (Phi) is 5.46. The Morgan fingerprint density at radius 2 is 1.48 bits per heavy atom. The fourth-order valence-electron chi connectivity index (χ4n) is 3.39. The Labute approximate surface area is 182 Å². The number of aliphatic imine (C=N–C) groups is 1. The monoisotopic (exact) mass is 445 g/mol. The molecule has 0 saturated heterocycles. The molecule has 0 fully saturated rings. The van der Waals surface area contributed by atoms with E-state index in [1.807, 2.05) is 42.5 Å². The molecule has 0 spiro atoms. The summed E-state index contributed by atoms with van der Waals surface area (Å²) in [5.41, 5.74) is 14.9. The van der Waals surface area contributed by atoms with Gasteiger partial charge in [-0.2, -0.15) is 0 Å². The standard InChI is InChI=1S/C21H18Cl3N5/c22-12-1-3-13(4-2-12)28-14-5-6-15-16-10-17(23)18(24)11-20(16)29(19(15)9-14)8-7-27-21(25)26/h1-6,9-11,28H,7-8H2,(H4,25,26,27). The van der Waals surface area contributed by atoms with Gasteiger partial charge in [0, 0.05) is 33.7 Å². The van der Waals surface area contributed by atoms with Gasteiger partial charge in [-0.1, -0.05) is 40.9 Å². The predicted molar refractivity (Wildman–Crippen MR) is 125 cm³/mol. The van der Waals surface area contributed by atoms with Gasteiger partial charge in [-0.15, -0.1) is 0 Å². The second-order valence-electron chi connectivity index (χ2n) is 6.61. The highest BCUT2D eigenvalue weighted by Crippen LogP contribution is 2.36. The van der Waals surface area contributed by atoms with Gasteiger partial charge in [-0.05, 0) is 48.5 Å². The van der Waals surface area contributed by atoms with Crippen LogP contribution in [-0.2, 0) is 6.54 Å². The van der Waals surface area contributed by atoms with Crippen LogP contribution in [0.5, 0.6) is 0 Å². The first-order valence-corrected chi connectivity index (χ1v) is 10.0. The van der Waals surface area contributed by atoms with Crippen molar-refractivity contribution in [2.75, 3.05) is 11.9 Å². The summed E-state index contributed by atoms with van der Waals surface area (Å²) in [7, 11) is 0. The van der Waals surface area contributed by atoms with Crippen LogP contribution in [-0.4, -0.2) is 17.1 Å². The fourth-order valence-corrected chi connectivity index (χ4v) is 3.83. The summed E-state index contributed by atoms with van der Waals surface area (Å²) in [6.07, 6.45) is 0. The predicted octanol–water partition coefficient (Wildman–Crippen LogP) is 5.77. The first kappa shape index (κ1) is 19.7. The molecule has 0 radical (unpaired) electrons. The number of hydrogen-bond acceptors (Lipinski definition) is 2. The summed E-state index contributed by atoms with van der Waals surface area (Å²) < 4.78 is 2.15. The van der Waals surface area contributed by atoms with Crippen LogP contribution in [0.15, 0.2) is 59.6 Å². The first-order chi connectivity index (χ1) is 13.9. The van der Waals surface area contributed by atoms with E-state index in [0.29, 0.717) is 28.2 Å². The van der Waals surface area contributed by atoms with E-state index >= 15 is 0 Å². The number of nitrogens with zero attached hydrogens (tertiary/aromatic N) is 2. The molecule has 0 saturated carbocycles. The van der Waals surface area contributed by atoms with E-state index < -0.39 is 0 Å². The average Bonchev–Trinajstić information content (AvgIpc) is 2.96. The molecule has 0 amide bonds. The average molecular weight is 447 g/mol. The summed E-state index contributed by atoms with van der Waals surface area (Å²) in [6, 6.07) is 17.5. The Morgan fingerprint density at radius 3 is 2.21 bits per heavy atom. The zero-order valence-electron chi connectivity index (χ0n) is 15.3. The van der Waals surface area contributed by atoms with Crippen LogP contribution in [0.25, 0.3) is 21.8 Å². The third-order valence-corrected chi connectivity index (χ3v) is 5.63. The molecule has 0 unspecified atom stereocenters. The molecule has 1 heterocycles. The number of halogens is 3. The van der Waals surface area contributed by atoms with E-state index in [9.17, 15) is 0 Å². The van der Waals surface area contributed by atoms with Gasteiger partial charge in [0.05, 0.1) is 27.6 Å². The number of fused-ring (bicyclic) bond motifs is 3. The van der Waals surface area contributed by atoms with E-state index in [4.69, 9.17) is 46.3 Å². The molecule has 0 atom stereocenters. The highest BCUT2D eigenvalue weighted by molar-refractivity contribution is 6.43. The molecule has 5 N–H and O–H groups in total. The molecule has 8 heteroatoms. The summed E-state index contributed by atoms with van der Waals surface area (Å²) in [6.45, 7) is 1.05. The topological polar surface area (TPSA) is 81.4 Å². The quantitative estimate of drug-likeness (QED) is 0.269. The number of rotatable bonds is 5. The lowest BCUT2D eigenvalue weighted by Gasteiger charge is -2.09. The Morgan fingerprint density at radius 1 is 0.828 bits per heavy atom. The van der Waals surface area contributed by atoms with Crippen molar-refractivity contribution in [1.82, 2.24) is 4.57 Å². The maximum Gasteiger partial charge on any atom is 0.185 e. The minimum absolute atomic E-state index is 0.0666. The molecule has 4 rings (SSSR count). The van der Waals surface area contributed by atoms with Crippen molar-refractivity contribution in [3.63, 3.8) is 0 Å². The lowest BCUT2D eigenvalue weighted by atomic mass is 10.1. The zero-order chi connectivity index (χ0) is 20.5. The van der Waals surface area contributed by atoms with Gasteiger partial charge in [0.1, 0.15) is 0 Å². The minimum atomic E-state index is 0.0666. The van der Waals surface area contributed by atoms with Crippen LogP contribution in [0.4, 0.5) is 11.4 Å². The first-order valence-electron chi connectivity index (χ1n) is 8.91. The fraction of sp³-hybridized carbons (Fsp3) is 0.0952. The van der Waals surface area contributed by atoms with E-state index in [1.54, 1.807) is 0 Å². The number of aromatic nitrogens is 1. The molecular weight excluding hydrogens is 429 g/mol. The number of nitrogens with one attached hydrogen (secondary N) is 1. The SMILES string of the molecule is NC(N)=NCCn1c2cc(Nc3ccc(Cl)cc3)ccc2c2cc(Cl)c(Cl)cc21. The molecule has 148 valence electrons. The van der Waals surface area contributed by atoms with Gasteiger partial charge in [-0.3, -0.25) is 4.99 Å². The van der Waals surface area contributed by atoms with E-state index in [1.165, 1.54) is 0 Å². The molecule has 0 aliphatic rings. The normalized spacial score (nSPS) is 11.1. The van der Waals surface area contributed by atoms with Gasteiger partial charge in [0.2, 0.25) is 0 Å². The molecule has 4 aromatic rings. The maximum atomic E-state index is 6.29. The summed E-state index contributed by atoms with van der Waals surface area (Å²) in [5, 5.41) is 7.22. The zero-order valence-corrected chi connectivity index (χ0v) is 17.6. The smallest absolute Gasteiger partial charge is 0.185 e. The lowest BCUT2D eigenvalue weighted by Crippen LogP contribution is -2.23. The van der Waals surface area contributed by atoms with Gasteiger partial charge in [0.15, 0.2) is 5.96 Å². The van der Waals surface area contributed by atoms with Gasteiger partial charge >= 0.3 is 0 Å². The Hall–Kier alpha value is -2.60. The van der Waals surface area contributed by atoms with Crippen molar-refractivity contribution in [2.24, 2.45) is 16.5 Å². The van der Waals surface area contributed by atoms with Crippen LogP contribution >= 0.6 is 34.8 Å². The van der Waals surface area contributed by atoms with Crippen molar-refractivity contribution in [2.45, 2.75) is 6.54 Å². The second kappa shape index (κ2) is 8.03. The van der Waals surface area contributed by atoms with E-state index in [2.05, 4.69) is 27.0 Å². The molecular formula is C21H18Cl3N5. The summed E-state index contributed by atoms with van der Waals surface area (Å²) in [5.74, 6) is 0.0666. The van der Waals surface area contributed by atoms with Crippen molar-refractivity contribution in [1.29, 1.82) is 0 Å². The molecule has 1 aromatic heterocycles. The molecule has 29 heavy (non-hydrogen) atoms. The summed E-state index contributed by atoms with van der Waals surface area (Å²) >= 11 is 18.5. The van der Waals surface area contributed by atoms with Crippen molar-refractivity contribution >= 4 is 73.9 Å². The molecule has 5 nitrogen and oxygen atoms in total. The molecule has 3 aromatic carbocycles. The van der Waals surface area contributed by atoms with Gasteiger partial charge < -0.3 is 21.4 Å². The number of guanidine groups is 1. The number of anilines is 2. The number of benzene rings is 3. The van der Waals surface area contributed by atoms with Crippen molar-refractivity contribution in [3.8, 4) is 0 Å². The lowest BCUT2D eigenvalue weighted by molar-refractivity contribution is 0.757. The van der Waals surface area contributed by atoms with Crippen LogP contribution in [0.3, 0.4) is 0 Å². The van der Waals surface area contributed by atoms with Crippen molar-refractivity contribution < 1.29 is 0 Å². The van der Waals surface area contributed by atoms with E-state index in [0.717, 1.165) is 33.2 Å². The number of nitrogens with two attached hydrogens (primary N) is 2. The Balaban J connectivity index is 1.83. The highest BCUT2D eigenvalue weighted by atomic mass is 35.5. The second-order valence-corrected chi connectivity index (χ2v) is 7.86. The highest BCUT2D eigenvalue weighted by Gasteiger charge is 2.14. The third kappa shape index (κ3) is 4.08. The minimum Gasteiger partial charge on any atom is -0.370 e. The molecule has 0 aliphatic heterocycles. The Bertz CT molecular complexity index is 1230. The van der Waals surface area contributed by atoms with Crippen LogP contribution in [0.1, 0.15) is 0 Å². The van der Waals surface area contributed by atoms with Crippen LogP contribution in [0, 0.1) is 0 Å². The maximum absolute atomic E-state index is 6.29. The van der Waals surface area contributed by atoms with Gasteiger partial charge in [0.25, 0.3) is 0 Å². The van der Waals surface area contributed by atoms with Crippen molar-refractivity contribution in [3.05, 3.63) is 69.7 Å². The van der Waals surface area contributed by atoms with E-state index in [-0.39, 0.29) is 5.96 Å². The third-order valence-electron chi connectivity index (χ3n) is 4.66. The van der Waals surface area contributed by atoms with Crippen LogP contribution < -0.4 is 16.8 Å². The molecule has 0 bridgehead atoms. The largest absolute Gasteiger partial charge is 0.370 e. The molecule has 0 aliphatic carbocycles. The summed E-state index contributed by atoms with van der Waals surface area (Å²) in [4.78, 5) is 4.12.